The Labute approximate surface area is 166 Å². The highest BCUT2D eigenvalue weighted by Gasteiger charge is 2.32. The lowest BCUT2D eigenvalue weighted by Crippen LogP contribution is -2.28. The number of benzene rings is 2. The molecule has 2 nitrogen and oxygen atoms in total. The van der Waals surface area contributed by atoms with Gasteiger partial charge >= 0.3 is 0 Å². The zero-order valence-electron chi connectivity index (χ0n) is 15.6. The minimum absolute atomic E-state index is 0.305. The Morgan fingerprint density at radius 2 is 1.65 bits per heavy atom. The van der Waals surface area contributed by atoms with Crippen LogP contribution in [0.2, 0.25) is 10.0 Å². The summed E-state index contributed by atoms with van der Waals surface area (Å²) in [7, 11) is 0. The van der Waals surface area contributed by atoms with Gasteiger partial charge in [-0.3, -0.25) is 0 Å². The van der Waals surface area contributed by atoms with Gasteiger partial charge in [-0.2, -0.15) is 0 Å². The largest absolute Gasteiger partial charge is 0.381 e. The van der Waals surface area contributed by atoms with Gasteiger partial charge in [0.05, 0.1) is 10.7 Å². The second-order valence-electron chi connectivity index (χ2n) is 8.10. The minimum atomic E-state index is 0.305. The van der Waals surface area contributed by atoms with Gasteiger partial charge in [0.15, 0.2) is 0 Å². The van der Waals surface area contributed by atoms with Crippen molar-refractivity contribution in [1.82, 2.24) is 0 Å². The molecular weight excluding hydrogens is 363 g/mol. The van der Waals surface area contributed by atoms with Crippen LogP contribution >= 0.6 is 23.2 Å². The third-order valence-corrected chi connectivity index (χ3v) is 6.60. The fourth-order valence-electron chi connectivity index (χ4n) is 4.50. The van der Waals surface area contributed by atoms with Gasteiger partial charge in [0.1, 0.15) is 0 Å². The minimum Gasteiger partial charge on any atom is -0.381 e. The molecular formula is C22H26Cl2N2. The van der Waals surface area contributed by atoms with Crippen LogP contribution in [0.3, 0.4) is 0 Å². The van der Waals surface area contributed by atoms with Gasteiger partial charge in [-0.1, -0.05) is 55.2 Å². The molecule has 2 aromatic carbocycles. The molecule has 1 unspecified atom stereocenters. The zero-order chi connectivity index (χ0) is 18.4. The van der Waals surface area contributed by atoms with Crippen molar-refractivity contribution >= 4 is 34.6 Å². The third-order valence-electron chi connectivity index (χ3n) is 6.08. The summed E-state index contributed by atoms with van der Waals surface area (Å²) in [5, 5.41) is 4.97. The van der Waals surface area contributed by atoms with Crippen LogP contribution in [0.25, 0.3) is 0 Å². The maximum atomic E-state index is 6.51. The number of anilines is 2. The summed E-state index contributed by atoms with van der Waals surface area (Å²) in [6.07, 6.45) is 1.04. The highest BCUT2D eigenvalue weighted by molar-refractivity contribution is 6.36. The Morgan fingerprint density at radius 1 is 0.962 bits per heavy atom. The summed E-state index contributed by atoms with van der Waals surface area (Å²) in [6, 6.07) is 13.2. The second-order valence-corrected chi connectivity index (χ2v) is 8.95. The lowest BCUT2D eigenvalue weighted by Gasteiger charge is -2.35. The first-order chi connectivity index (χ1) is 12.4. The van der Waals surface area contributed by atoms with Crippen LogP contribution in [-0.2, 0) is 0 Å². The lowest BCUT2D eigenvalue weighted by atomic mass is 9.81. The highest BCUT2D eigenvalue weighted by atomic mass is 35.5. The van der Waals surface area contributed by atoms with Gasteiger partial charge in [0.2, 0.25) is 0 Å². The molecule has 26 heavy (non-hydrogen) atoms. The normalized spacial score (nSPS) is 28.0. The molecule has 2 heterocycles. The third kappa shape index (κ3) is 3.18. The van der Waals surface area contributed by atoms with Crippen molar-refractivity contribution < 1.29 is 0 Å². The van der Waals surface area contributed by atoms with Crippen molar-refractivity contribution in [2.45, 2.75) is 39.2 Å². The van der Waals surface area contributed by atoms with Gasteiger partial charge in [0.25, 0.3) is 0 Å². The summed E-state index contributed by atoms with van der Waals surface area (Å²) in [6.45, 7) is 9.19. The van der Waals surface area contributed by atoms with E-state index in [0.29, 0.717) is 22.0 Å². The van der Waals surface area contributed by atoms with Crippen LogP contribution in [-0.4, -0.2) is 19.1 Å². The molecule has 4 heteroatoms. The Kier molecular flexibility index (Phi) is 4.83. The number of hydrogen-bond acceptors (Lipinski definition) is 2. The molecule has 0 aromatic heterocycles. The van der Waals surface area contributed by atoms with Crippen molar-refractivity contribution in [3.8, 4) is 0 Å². The zero-order valence-corrected chi connectivity index (χ0v) is 17.1. The van der Waals surface area contributed by atoms with Crippen LogP contribution < -0.4 is 10.2 Å². The molecule has 0 radical (unpaired) electrons. The van der Waals surface area contributed by atoms with Gasteiger partial charge in [-0.25, -0.2) is 0 Å². The summed E-state index contributed by atoms with van der Waals surface area (Å²) in [5.74, 6) is 1.76. The molecule has 1 saturated heterocycles. The van der Waals surface area contributed by atoms with Crippen LogP contribution in [0.4, 0.5) is 11.4 Å². The first-order valence-electron chi connectivity index (χ1n) is 9.53. The first kappa shape index (κ1) is 18.0. The van der Waals surface area contributed by atoms with Crippen LogP contribution in [0, 0.1) is 11.8 Å². The molecule has 4 rings (SSSR count). The average molecular weight is 389 g/mol. The van der Waals surface area contributed by atoms with Crippen LogP contribution in [0.5, 0.6) is 0 Å². The van der Waals surface area contributed by atoms with Gasteiger partial charge in [0, 0.05) is 35.8 Å². The summed E-state index contributed by atoms with van der Waals surface area (Å²) >= 11 is 12.9. The number of para-hydroxylation sites is 1. The molecule has 0 bridgehead atoms. The number of nitrogens with zero attached hydrogens (tertiary/aromatic N) is 1. The van der Waals surface area contributed by atoms with Gasteiger partial charge in [-0.15, -0.1) is 0 Å². The Bertz CT molecular complexity index is 810. The Morgan fingerprint density at radius 3 is 2.38 bits per heavy atom. The molecule has 2 aromatic rings. The fourth-order valence-corrected chi connectivity index (χ4v) is 5.06. The molecule has 4 atom stereocenters. The molecule has 0 aliphatic carbocycles. The maximum absolute atomic E-state index is 6.51. The number of fused-ring (bicyclic) bond motifs is 1. The number of hydrogen-bond donors (Lipinski definition) is 1. The number of halogens is 2. The fraction of sp³-hybridized carbons (Fsp3) is 0.455. The van der Waals surface area contributed by atoms with Crippen molar-refractivity contribution in [2.24, 2.45) is 11.8 Å². The molecule has 0 saturated carbocycles. The predicted molar refractivity (Wildman–Crippen MR) is 113 cm³/mol. The van der Waals surface area contributed by atoms with Crippen molar-refractivity contribution in [2.75, 3.05) is 23.3 Å². The summed E-state index contributed by atoms with van der Waals surface area (Å²) in [4.78, 5) is 2.56. The van der Waals surface area contributed by atoms with Gasteiger partial charge < -0.3 is 10.2 Å². The van der Waals surface area contributed by atoms with E-state index in [2.05, 4.69) is 61.3 Å². The Hall–Kier alpha value is -1.38. The van der Waals surface area contributed by atoms with E-state index in [-0.39, 0.29) is 0 Å². The van der Waals surface area contributed by atoms with Gasteiger partial charge in [-0.05, 0) is 54.5 Å². The monoisotopic (exact) mass is 388 g/mol. The number of rotatable bonds is 2. The number of nitrogens with one attached hydrogen (secondary N) is 1. The molecule has 1 N–H and O–H groups in total. The molecule has 2 aliphatic rings. The first-order valence-corrected chi connectivity index (χ1v) is 10.3. The summed E-state index contributed by atoms with van der Waals surface area (Å²) in [5.41, 5.74) is 5.01. The molecule has 138 valence electrons. The van der Waals surface area contributed by atoms with E-state index in [9.17, 15) is 0 Å². The second kappa shape index (κ2) is 6.98. The highest BCUT2D eigenvalue weighted by Crippen LogP contribution is 2.46. The van der Waals surface area contributed by atoms with E-state index in [4.69, 9.17) is 23.2 Å². The van der Waals surface area contributed by atoms with E-state index in [1.807, 2.05) is 6.07 Å². The smallest absolute Gasteiger partial charge is 0.0655 e. The topological polar surface area (TPSA) is 15.3 Å². The maximum Gasteiger partial charge on any atom is 0.0655 e. The lowest BCUT2D eigenvalue weighted by molar-refractivity contribution is 0.494. The van der Waals surface area contributed by atoms with E-state index < -0.39 is 0 Å². The van der Waals surface area contributed by atoms with Crippen molar-refractivity contribution in [3.63, 3.8) is 0 Å². The van der Waals surface area contributed by atoms with E-state index >= 15 is 0 Å². The van der Waals surface area contributed by atoms with Crippen molar-refractivity contribution in [3.05, 3.63) is 57.6 Å². The van der Waals surface area contributed by atoms with E-state index in [1.165, 1.54) is 16.8 Å². The molecule has 0 spiro atoms. The van der Waals surface area contributed by atoms with E-state index in [0.717, 1.165) is 37.0 Å². The summed E-state index contributed by atoms with van der Waals surface area (Å²) < 4.78 is 0. The molecule has 0 amide bonds. The Balaban J connectivity index is 1.80. The van der Waals surface area contributed by atoms with Crippen molar-refractivity contribution in [1.29, 1.82) is 0 Å². The SMILES string of the molecule is C[C@@H]1CC(c2ccccc2N2C[C@@H](C)[C@@H](C)C2)c2cc(Cl)cc(Cl)c2N1. The standard InChI is InChI=1S/C22H26Cl2N2/c1-13-11-26(12-14(13)2)21-7-5-4-6-17(21)18-8-15(3)25-22-19(18)9-16(23)10-20(22)24/h4-7,9-10,13-15,18,25H,8,11-12H2,1-3H3/t13-,14+,15-,18?/m1/s1. The molecule has 2 aliphatic heterocycles. The average Bonchev–Trinajstić information content (AvgIpc) is 2.94. The van der Waals surface area contributed by atoms with E-state index in [1.54, 1.807) is 0 Å². The van der Waals surface area contributed by atoms with Crippen LogP contribution in [0.15, 0.2) is 36.4 Å². The van der Waals surface area contributed by atoms with Crippen LogP contribution in [0.1, 0.15) is 44.2 Å². The quantitative estimate of drug-likeness (QED) is 0.637. The predicted octanol–water partition coefficient (Wildman–Crippen LogP) is 6.42. The molecule has 1 fully saturated rings.